The summed E-state index contributed by atoms with van der Waals surface area (Å²) in [6.45, 7) is 1.84. The van der Waals surface area contributed by atoms with Crippen molar-refractivity contribution in [2.75, 3.05) is 0 Å². The van der Waals surface area contributed by atoms with Crippen molar-refractivity contribution in [1.82, 2.24) is 25.5 Å². The quantitative estimate of drug-likeness (QED) is 0.670. The molecule has 25 heavy (non-hydrogen) atoms. The molecule has 0 saturated heterocycles. The van der Waals surface area contributed by atoms with E-state index in [1.54, 1.807) is 10.8 Å². The fraction of sp³-hybridized carbons (Fsp3) is 0.111. The Bertz CT molecular complexity index is 874. The van der Waals surface area contributed by atoms with Gasteiger partial charge in [0.1, 0.15) is 0 Å². The third-order valence-corrected chi connectivity index (χ3v) is 4.07. The van der Waals surface area contributed by atoms with E-state index < -0.39 is 0 Å². The predicted octanol–water partition coefficient (Wildman–Crippen LogP) is 3.32. The van der Waals surface area contributed by atoms with Crippen molar-refractivity contribution < 1.29 is 4.79 Å². The summed E-state index contributed by atoms with van der Waals surface area (Å²) in [5, 5.41) is 14.6. The molecule has 0 radical (unpaired) electrons. The van der Waals surface area contributed by atoms with Gasteiger partial charge in [-0.15, -0.1) is 5.10 Å². The van der Waals surface area contributed by atoms with Crippen molar-refractivity contribution in [2.45, 2.75) is 13.0 Å². The zero-order valence-corrected chi connectivity index (χ0v) is 15.1. The monoisotopic (exact) mass is 397 g/mol. The van der Waals surface area contributed by atoms with Crippen LogP contribution < -0.4 is 5.32 Å². The van der Waals surface area contributed by atoms with Crippen LogP contribution >= 0.6 is 15.9 Å². The Labute approximate surface area is 153 Å². The number of rotatable bonds is 5. The minimum Gasteiger partial charge on any atom is -0.343 e. The van der Waals surface area contributed by atoms with Crippen molar-refractivity contribution in [3.05, 3.63) is 76.5 Å². The fourth-order valence-corrected chi connectivity index (χ4v) is 2.56. The first-order valence-electron chi connectivity index (χ1n) is 7.71. The molecule has 126 valence electrons. The molecule has 0 spiro atoms. The molecular formula is C18H16BrN5O. The van der Waals surface area contributed by atoms with Gasteiger partial charge in [-0.1, -0.05) is 46.3 Å². The molecule has 0 aliphatic heterocycles. The second-order valence-electron chi connectivity index (χ2n) is 5.40. The first kappa shape index (κ1) is 17.0. The highest BCUT2D eigenvalue weighted by atomic mass is 79.9. The lowest BCUT2D eigenvalue weighted by molar-refractivity contribution is -0.117. The van der Waals surface area contributed by atoms with E-state index in [2.05, 4.69) is 36.8 Å². The minimum absolute atomic E-state index is 0.207. The van der Waals surface area contributed by atoms with Crippen LogP contribution in [0.25, 0.3) is 11.8 Å². The molecule has 0 saturated carbocycles. The molecule has 1 amide bonds. The molecule has 1 N–H and O–H groups in total. The fourth-order valence-electron chi connectivity index (χ4n) is 2.29. The summed E-state index contributed by atoms with van der Waals surface area (Å²) in [5.41, 5.74) is 1.79. The molecule has 7 heteroatoms. The molecule has 3 rings (SSSR count). The van der Waals surface area contributed by atoms with Gasteiger partial charge in [-0.2, -0.15) is 4.68 Å². The van der Waals surface area contributed by atoms with Gasteiger partial charge in [-0.05, 0) is 53.3 Å². The number of benzene rings is 2. The summed E-state index contributed by atoms with van der Waals surface area (Å²) in [4.78, 5) is 12.1. The van der Waals surface area contributed by atoms with Gasteiger partial charge in [-0.25, -0.2) is 0 Å². The smallest absolute Gasteiger partial charge is 0.244 e. The largest absolute Gasteiger partial charge is 0.343 e. The average molecular weight is 398 g/mol. The number of hydrogen-bond acceptors (Lipinski definition) is 4. The molecule has 3 aromatic rings. The van der Waals surface area contributed by atoms with Gasteiger partial charge >= 0.3 is 0 Å². The number of nitrogens with zero attached hydrogens (tertiary/aromatic N) is 4. The van der Waals surface area contributed by atoms with E-state index in [9.17, 15) is 4.79 Å². The third kappa shape index (κ3) is 4.39. The van der Waals surface area contributed by atoms with Crippen molar-refractivity contribution in [3.8, 4) is 5.69 Å². The van der Waals surface area contributed by atoms with Gasteiger partial charge < -0.3 is 5.32 Å². The Morgan fingerprint density at radius 3 is 2.60 bits per heavy atom. The first-order chi connectivity index (χ1) is 12.1. The van der Waals surface area contributed by atoms with Crippen LogP contribution in [0.5, 0.6) is 0 Å². The summed E-state index contributed by atoms with van der Waals surface area (Å²) in [6.07, 6.45) is 3.26. The van der Waals surface area contributed by atoms with Crippen LogP contribution in [-0.2, 0) is 4.79 Å². The predicted molar refractivity (Wildman–Crippen MR) is 98.9 cm³/mol. The van der Waals surface area contributed by atoms with Crippen molar-refractivity contribution in [1.29, 1.82) is 0 Å². The Kier molecular flexibility index (Phi) is 5.35. The van der Waals surface area contributed by atoms with Crippen molar-refractivity contribution >= 4 is 27.9 Å². The molecule has 1 unspecified atom stereocenters. The van der Waals surface area contributed by atoms with Crippen LogP contribution in [0.1, 0.15) is 24.4 Å². The molecule has 2 aromatic carbocycles. The van der Waals surface area contributed by atoms with Crippen LogP contribution in [0.2, 0.25) is 0 Å². The van der Waals surface area contributed by atoms with Crippen LogP contribution in [-0.4, -0.2) is 26.1 Å². The van der Waals surface area contributed by atoms with E-state index in [-0.39, 0.29) is 11.9 Å². The molecule has 6 nitrogen and oxygen atoms in total. The maximum Gasteiger partial charge on any atom is 0.244 e. The van der Waals surface area contributed by atoms with Gasteiger partial charge in [0.05, 0.1) is 11.7 Å². The Hall–Kier alpha value is -2.80. The van der Waals surface area contributed by atoms with Gasteiger partial charge in [-0.3, -0.25) is 4.79 Å². The molecule has 1 atom stereocenters. The molecule has 1 heterocycles. The number of amides is 1. The lowest BCUT2D eigenvalue weighted by Gasteiger charge is -2.12. The van der Waals surface area contributed by atoms with Gasteiger partial charge in [0.15, 0.2) is 5.82 Å². The molecule has 0 bridgehead atoms. The zero-order valence-electron chi connectivity index (χ0n) is 13.5. The maximum absolute atomic E-state index is 12.1. The van der Waals surface area contributed by atoms with E-state index in [0.717, 1.165) is 15.7 Å². The summed E-state index contributed by atoms with van der Waals surface area (Å²) >= 11 is 3.40. The molecular weight excluding hydrogens is 382 g/mol. The number of nitrogens with one attached hydrogen (secondary N) is 1. The highest BCUT2D eigenvalue weighted by Gasteiger charge is 2.17. The summed E-state index contributed by atoms with van der Waals surface area (Å²) in [6, 6.07) is 16.9. The van der Waals surface area contributed by atoms with Crippen molar-refractivity contribution in [2.24, 2.45) is 0 Å². The van der Waals surface area contributed by atoms with Gasteiger partial charge in [0.25, 0.3) is 0 Å². The molecule has 0 aliphatic carbocycles. The minimum atomic E-state index is -0.341. The highest BCUT2D eigenvalue weighted by molar-refractivity contribution is 9.10. The number of tetrazole rings is 1. The van der Waals surface area contributed by atoms with E-state index >= 15 is 0 Å². The van der Waals surface area contributed by atoms with E-state index in [0.29, 0.717) is 5.82 Å². The molecule has 1 aromatic heterocycles. The van der Waals surface area contributed by atoms with E-state index in [1.165, 1.54) is 6.08 Å². The lowest BCUT2D eigenvalue weighted by Crippen LogP contribution is -2.27. The summed E-state index contributed by atoms with van der Waals surface area (Å²) in [5.74, 6) is 0.352. The Morgan fingerprint density at radius 2 is 1.88 bits per heavy atom. The average Bonchev–Trinajstić information content (AvgIpc) is 3.11. The zero-order chi connectivity index (χ0) is 17.6. The standard InChI is InChI=1S/C18H16BrN5O/c1-13(20-17(25)12-7-14-5-3-2-4-6-14)18-21-22-23-24(18)16-10-8-15(19)9-11-16/h2-13H,1H3,(H,20,25)/b12-7+. The summed E-state index contributed by atoms with van der Waals surface area (Å²) < 4.78 is 2.58. The lowest BCUT2D eigenvalue weighted by atomic mass is 10.2. The topological polar surface area (TPSA) is 72.7 Å². The Balaban J connectivity index is 1.70. The third-order valence-electron chi connectivity index (χ3n) is 3.54. The second kappa shape index (κ2) is 7.85. The second-order valence-corrected chi connectivity index (χ2v) is 6.32. The van der Waals surface area contributed by atoms with E-state index in [1.807, 2.05) is 61.5 Å². The number of aromatic nitrogens is 4. The van der Waals surface area contributed by atoms with E-state index in [4.69, 9.17) is 0 Å². The number of hydrogen-bond donors (Lipinski definition) is 1. The normalized spacial score (nSPS) is 12.2. The number of carbonyl (C=O) groups excluding carboxylic acids is 1. The number of halogens is 1. The first-order valence-corrected chi connectivity index (χ1v) is 8.50. The summed E-state index contributed by atoms with van der Waals surface area (Å²) in [7, 11) is 0. The van der Waals surface area contributed by atoms with Crippen LogP contribution in [0.15, 0.2) is 65.1 Å². The van der Waals surface area contributed by atoms with Gasteiger partial charge in [0.2, 0.25) is 5.91 Å². The molecule has 0 aliphatic rings. The van der Waals surface area contributed by atoms with Crippen LogP contribution in [0.3, 0.4) is 0 Å². The van der Waals surface area contributed by atoms with Crippen LogP contribution in [0, 0.1) is 0 Å². The number of carbonyl (C=O) groups is 1. The molecule has 0 fully saturated rings. The SMILES string of the molecule is CC(NC(=O)/C=C/c1ccccc1)c1nnnn1-c1ccc(Br)cc1. The van der Waals surface area contributed by atoms with Crippen LogP contribution in [0.4, 0.5) is 0 Å². The van der Waals surface area contributed by atoms with Crippen molar-refractivity contribution in [3.63, 3.8) is 0 Å². The maximum atomic E-state index is 12.1. The Morgan fingerprint density at radius 1 is 1.16 bits per heavy atom. The highest BCUT2D eigenvalue weighted by Crippen LogP contribution is 2.17. The van der Waals surface area contributed by atoms with Gasteiger partial charge in [0, 0.05) is 10.5 Å².